The van der Waals surface area contributed by atoms with Crippen molar-refractivity contribution >= 4 is 23.2 Å². The van der Waals surface area contributed by atoms with Crippen LogP contribution < -0.4 is 15.5 Å². The summed E-state index contributed by atoms with van der Waals surface area (Å²) in [5.74, 6) is -0.149. The second-order valence-corrected chi connectivity index (χ2v) is 6.82. The van der Waals surface area contributed by atoms with Crippen LogP contribution >= 0.6 is 0 Å². The van der Waals surface area contributed by atoms with Crippen LogP contribution in [0.2, 0.25) is 0 Å². The minimum absolute atomic E-state index is 0.0737. The first-order valence-corrected chi connectivity index (χ1v) is 9.59. The lowest BCUT2D eigenvalue weighted by atomic mass is 10.1. The Kier molecular flexibility index (Phi) is 8.01. The third kappa shape index (κ3) is 6.87. The topological polar surface area (TPSA) is 62.6 Å². The van der Waals surface area contributed by atoms with E-state index in [1.165, 1.54) is 5.56 Å². The molecule has 2 amide bonds. The lowest BCUT2D eigenvalue weighted by Crippen LogP contribution is -3.14. The third-order valence-corrected chi connectivity index (χ3v) is 4.46. The van der Waals surface area contributed by atoms with Crippen molar-refractivity contribution in [2.24, 2.45) is 0 Å². The number of aryl methyl sites for hydroxylation is 2. The van der Waals surface area contributed by atoms with Crippen molar-refractivity contribution in [3.8, 4) is 0 Å². The molecule has 5 heteroatoms. The number of amides is 2. The molecule has 5 nitrogen and oxygen atoms in total. The van der Waals surface area contributed by atoms with Gasteiger partial charge in [-0.15, -0.1) is 0 Å². The van der Waals surface area contributed by atoms with E-state index < -0.39 is 0 Å². The Bertz CT molecular complexity index is 774. The van der Waals surface area contributed by atoms with Crippen LogP contribution in [0.25, 0.3) is 0 Å². The highest BCUT2D eigenvalue weighted by atomic mass is 16.2. The lowest BCUT2D eigenvalue weighted by Gasteiger charge is -2.18. The van der Waals surface area contributed by atoms with Crippen LogP contribution in [-0.4, -0.2) is 31.4 Å². The molecule has 0 spiro atoms. The van der Waals surface area contributed by atoms with Crippen LogP contribution in [0.3, 0.4) is 0 Å². The molecule has 2 aromatic rings. The maximum atomic E-state index is 12.4. The molecule has 0 aromatic heterocycles. The molecule has 0 bridgehead atoms. The van der Waals surface area contributed by atoms with Gasteiger partial charge >= 0.3 is 0 Å². The Morgan fingerprint density at radius 3 is 2.30 bits per heavy atom. The van der Waals surface area contributed by atoms with Crippen LogP contribution in [0.1, 0.15) is 31.4 Å². The number of rotatable bonds is 9. The quantitative estimate of drug-likeness (QED) is 0.637. The predicted octanol–water partition coefficient (Wildman–Crippen LogP) is 2.43. The fourth-order valence-electron chi connectivity index (χ4n) is 3.03. The van der Waals surface area contributed by atoms with E-state index in [9.17, 15) is 9.59 Å². The molecule has 3 N–H and O–H groups in total. The van der Waals surface area contributed by atoms with Crippen molar-refractivity contribution in [1.82, 2.24) is 0 Å². The zero-order valence-electron chi connectivity index (χ0n) is 16.5. The molecule has 27 heavy (non-hydrogen) atoms. The van der Waals surface area contributed by atoms with Gasteiger partial charge in [0.25, 0.3) is 11.8 Å². The molecule has 0 aliphatic carbocycles. The number of benzene rings is 2. The second kappa shape index (κ2) is 10.5. The molecule has 1 unspecified atom stereocenters. The monoisotopic (exact) mass is 368 g/mol. The Balaban J connectivity index is 1.92. The molecule has 2 rings (SSSR count). The molecule has 0 heterocycles. The summed E-state index contributed by atoms with van der Waals surface area (Å²) in [6.07, 6.45) is 1.83. The van der Waals surface area contributed by atoms with Crippen LogP contribution in [0.5, 0.6) is 0 Å². The highest BCUT2D eigenvalue weighted by molar-refractivity contribution is 5.93. The van der Waals surface area contributed by atoms with Crippen molar-refractivity contribution in [1.29, 1.82) is 0 Å². The standard InChI is InChI=1S/C22H29N3O2/c1-4-13-25(16-22(27)24-20-12-7-6-9-17(20)3)15-21(26)23-19-11-8-10-18(5-2)14-19/h6-12,14H,4-5,13,15-16H2,1-3H3,(H,23,26)(H,24,27)/p+1. The van der Waals surface area contributed by atoms with Gasteiger partial charge in [0, 0.05) is 11.4 Å². The predicted molar refractivity (Wildman–Crippen MR) is 110 cm³/mol. The van der Waals surface area contributed by atoms with Gasteiger partial charge in [-0.2, -0.15) is 0 Å². The SMILES string of the molecule is CCC[NH+](CC(=O)Nc1cccc(CC)c1)CC(=O)Nc1ccccc1C. The summed E-state index contributed by atoms with van der Waals surface area (Å²) < 4.78 is 0. The summed E-state index contributed by atoms with van der Waals surface area (Å²) in [5.41, 5.74) is 3.83. The number of hydrogen-bond acceptors (Lipinski definition) is 2. The van der Waals surface area contributed by atoms with E-state index in [-0.39, 0.29) is 24.9 Å². The van der Waals surface area contributed by atoms with E-state index in [1.54, 1.807) is 0 Å². The zero-order valence-corrected chi connectivity index (χ0v) is 16.5. The third-order valence-electron chi connectivity index (χ3n) is 4.46. The van der Waals surface area contributed by atoms with Gasteiger partial charge in [-0.25, -0.2) is 0 Å². The minimum Gasteiger partial charge on any atom is -0.321 e. The molecule has 2 aromatic carbocycles. The fraction of sp³-hybridized carbons (Fsp3) is 0.364. The Labute approximate surface area is 161 Å². The van der Waals surface area contributed by atoms with Gasteiger partial charge in [0.15, 0.2) is 13.1 Å². The summed E-state index contributed by atoms with van der Waals surface area (Å²) in [6.45, 7) is 7.41. The summed E-state index contributed by atoms with van der Waals surface area (Å²) in [6, 6.07) is 15.6. The van der Waals surface area contributed by atoms with Crippen molar-refractivity contribution in [3.05, 3.63) is 59.7 Å². The lowest BCUT2D eigenvalue weighted by molar-refractivity contribution is -0.883. The van der Waals surface area contributed by atoms with E-state index >= 15 is 0 Å². The number of quaternary nitrogens is 1. The van der Waals surface area contributed by atoms with Crippen molar-refractivity contribution in [2.45, 2.75) is 33.6 Å². The average Bonchev–Trinajstić information content (AvgIpc) is 2.64. The highest BCUT2D eigenvalue weighted by Crippen LogP contribution is 2.12. The first kappa shape index (κ1) is 20.6. The summed E-state index contributed by atoms with van der Waals surface area (Å²) in [4.78, 5) is 25.8. The second-order valence-electron chi connectivity index (χ2n) is 6.82. The fourth-order valence-corrected chi connectivity index (χ4v) is 3.03. The largest absolute Gasteiger partial charge is 0.321 e. The number of anilines is 2. The van der Waals surface area contributed by atoms with Gasteiger partial charge in [0.2, 0.25) is 0 Å². The van der Waals surface area contributed by atoms with Gasteiger partial charge in [-0.3, -0.25) is 9.59 Å². The summed E-state index contributed by atoms with van der Waals surface area (Å²) in [5, 5.41) is 5.89. The molecule has 0 radical (unpaired) electrons. The minimum atomic E-state index is -0.0754. The van der Waals surface area contributed by atoms with Gasteiger partial charge in [-0.05, 0) is 49.1 Å². The summed E-state index contributed by atoms with van der Waals surface area (Å²) in [7, 11) is 0. The molecule has 144 valence electrons. The van der Waals surface area contributed by atoms with Crippen LogP contribution in [0.15, 0.2) is 48.5 Å². The van der Waals surface area contributed by atoms with Gasteiger partial charge in [0.05, 0.1) is 6.54 Å². The molecule has 1 atom stereocenters. The Morgan fingerprint density at radius 2 is 1.63 bits per heavy atom. The van der Waals surface area contributed by atoms with Crippen LogP contribution in [-0.2, 0) is 16.0 Å². The van der Waals surface area contributed by atoms with E-state index in [2.05, 4.69) is 24.5 Å². The first-order chi connectivity index (χ1) is 13.0. The van der Waals surface area contributed by atoms with Crippen LogP contribution in [0, 0.1) is 6.92 Å². The molecular formula is C22H30N3O2+. The smallest absolute Gasteiger partial charge is 0.279 e. The van der Waals surface area contributed by atoms with Gasteiger partial charge in [-0.1, -0.05) is 44.2 Å². The Hall–Kier alpha value is -2.66. The molecular weight excluding hydrogens is 338 g/mol. The molecule has 0 aliphatic heterocycles. The van der Waals surface area contributed by atoms with Gasteiger partial charge in [0.1, 0.15) is 0 Å². The van der Waals surface area contributed by atoms with Gasteiger partial charge < -0.3 is 15.5 Å². The molecule has 0 aliphatic rings. The average molecular weight is 369 g/mol. The van der Waals surface area contributed by atoms with Crippen molar-refractivity contribution in [2.75, 3.05) is 30.3 Å². The van der Waals surface area contributed by atoms with E-state index in [4.69, 9.17) is 0 Å². The van der Waals surface area contributed by atoms with E-state index in [0.717, 1.165) is 41.2 Å². The molecule has 0 saturated heterocycles. The number of para-hydroxylation sites is 1. The Morgan fingerprint density at radius 1 is 0.926 bits per heavy atom. The number of hydrogen-bond donors (Lipinski definition) is 3. The van der Waals surface area contributed by atoms with E-state index in [1.807, 2.05) is 55.5 Å². The maximum Gasteiger partial charge on any atom is 0.279 e. The van der Waals surface area contributed by atoms with Crippen LogP contribution in [0.4, 0.5) is 11.4 Å². The van der Waals surface area contributed by atoms with E-state index in [0.29, 0.717) is 0 Å². The maximum absolute atomic E-state index is 12.4. The number of nitrogens with one attached hydrogen (secondary N) is 3. The normalized spacial score (nSPS) is 11.7. The highest BCUT2D eigenvalue weighted by Gasteiger charge is 2.18. The van der Waals surface area contributed by atoms with Crippen molar-refractivity contribution < 1.29 is 14.5 Å². The summed E-state index contributed by atoms with van der Waals surface area (Å²) >= 11 is 0. The molecule has 0 saturated carbocycles. The first-order valence-electron chi connectivity index (χ1n) is 9.59. The number of carbonyl (C=O) groups is 2. The molecule has 0 fully saturated rings. The number of carbonyl (C=O) groups excluding carboxylic acids is 2. The van der Waals surface area contributed by atoms with Crippen molar-refractivity contribution in [3.63, 3.8) is 0 Å². The zero-order chi connectivity index (χ0) is 19.6.